The lowest BCUT2D eigenvalue weighted by Gasteiger charge is -2.34. The molecule has 1 heterocycles. The normalized spacial score (nSPS) is 20.1. The molecule has 0 aliphatic carbocycles. The van der Waals surface area contributed by atoms with Crippen molar-refractivity contribution in [3.8, 4) is 0 Å². The van der Waals surface area contributed by atoms with Crippen molar-refractivity contribution in [1.82, 2.24) is 0 Å². The molecule has 0 fully saturated rings. The summed E-state index contributed by atoms with van der Waals surface area (Å²) in [6, 6.07) is 8.75. The van der Waals surface area contributed by atoms with Crippen LogP contribution in [0.4, 0.5) is 5.69 Å². The summed E-state index contributed by atoms with van der Waals surface area (Å²) in [4.78, 5) is 2.46. The minimum atomic E-state index is 0.749. The molecule has 0 N–H and O–H groups in total. The Labute approximate surface area is 104 Å². The smallest absolute Gasteiger partial charge is 0.0401 e. The van der Waals surface area contributed by atoms with Gasteiger partial charge in [-0.1, -0.05) is 37.3 Å². The fourth-order valence-electron chi connectivity index (χ4n) is 2.36. The van der Waals surface area contributed by atoms with Crippen molar-refractivity contribution in [3.63, 3.8) is 0 Å². The predicted octanol–water partition coefficient (Wildman–Crippen LogP) is 3.17. The van der Waals surface area contributed by atoms with E-state index < -0.39 is 0 Å². The molecule has 0 saturated heterocycles. The van der Waals surface area contributed by atoms with Crippen molar-refractivity contribution in [2.45, 2.75) is 13.3 Å². The molecule has 0 saturated carbocycles. The molecule has 1 aromatic rings. The van der Waals surface area contributed by atoms with E-state index in [1.807, 2.05) is 0 Å². The summed E-state index contributed by atoms with van der Waals surface area (Å²) in [6.45, 7) is 4.49. The average molecular weight is 233 g/mol. The quantitative estimate of drug-likeness (QED) is 0.620. The van der Waals surface area contributed by atoms with Crippen LogP contribution in [-0.2, 0) is 6.42 Å². The summed E-state index contributed by atoms with van der Waals surface area (Å²) in [5.74, 6) is 1.57. The molecule has 0 spiro atoms. The first-order valence-electron chi connectivity index (χ1n) is 5.90. The van der Waals surface area contributed by atoms with Crippen LogP contribution in [0.3, 0.4) is 0 Å². The summed E-state index contributed by atoms with van der Waals surface area (Å²) in [7, 11) is 0. The zero-order valence-electron chi connectivity index (χ0n) is 9.76. The van der Waals surface area contributed by atoms with Gasteiger partial charge in [-0.3, -0.25) is 0 Å². The predicted molar refractivity (Wildman–Crippen MR) is 74.5 cm³/mol. The Kier molecular flexibility index (Phi) is 3.94. The van der Waals surface area contributed by atoms with Gasteiger partial charge < -0.3 is 4.90 Å². The number of nitrogens with zero attached hydrogens (tertiary/aromatic N) is 1. The molecule has 16 heavy (non-hydrogen) atoms. The maximum Gasteiger partial charge on any atom is 0.0401 e. The van der Waals surface area contributed by atoms with Crippen molar-refractivity contribution >= 4 is 18.3 Å². The van der Waals surface area contributed by atoms with Gasteiger partial charge in [-0.05, 0) is 24.0 Å². The largest absolute Gasteiger partial charge is 0.367 e. The number of thiol groups is 1. The van der Waals surface area contributed by atoms with E-state index in [1.54, 1.807) is 0 Å². The number of anilines is 1. The molecule has 1 nitrogen and oxygen atoms in total. The van der Waals surface area contributed by atoms with Gasteiger partial charge in [0.15, 0.2) is 0 Å². The van der Waals surface area contributed by atoms with E-state index in [1.165, 1.54) is 17.7 Å². The van der Waals surface area contributed by atoms with Gasteiger partial charge in [0.1, 0.15) is 0 Å². The van der Waals surface area contributed by atoms with Crippen molar-refractivity contribution in [2.24, 2.45) is 5.92 Å². The Morgan fingerprint density at radius 1 is 1.38 bits per heavy atom. The maximum atomic E-state index is 4.19. The first kappa shape index (κ1) is 11.6. The van der Waals surface area contributed by atoms with Gasteiger partial charge in [0, 0.05) is 24.5 Å². The van der Waals surface area contributed by atoms with Crippen LogP contribution in [0, 0.1) is 5.92 Å². The minimum Gasteiger partial charge on any atom is -0.367 e. The van der Waals surface area contributed by atoms with Crippen molar-refractivity contribution in [1.29, 1.82) is 0 Å². The second-order valence-corrected chi connectivity index (χ2v) is 4.86. The van der Waals surface area contributed by atoms with Crippen LogP contribution in [0.15, 0.2) is 36.4 Å². The number of fused-ring (bicyclic) bond motifs is 1. The zero-order chi connectivity index (χ0) is 11.4. The van der Waals surface area contributed by atoms with Crippen molar-refractivity contribution < 1.29 is 0 Å². The Morgan fingerprint density at radius 3 is 3.00 bits per heavy atom. The first-order valence-corrected chi connectivity index (χ1v) is 6.53. The standard InChI is InChI=1S/C14H19NS/c1-12-10-13-6-2-3-7-14(13)15(11-12)8-4-5-9-16/h2-7,12,16H,8-11H2,1H3. The highest BCUT2D eigenvalue weighted by Gasteiger charge is 2.19. The van der Waals surface area contributed by atoms with Crippen LogP contribution in [0.25, 0.3) is 0 Å². The number of hydrogen-bond donors (Lipinski definition) is 1. The highest BCUT2D eigenvalue weighted by atomic mass is 32.1. The van der Waals surface area contributed by atoms with Crippen LogP contribution >= 0.6 is 12.6 Å². The van der Waals surface area contributed by atoms with Gasteiger partial charge in [0.2, 0.25) is 0 Å². The number of benzene rings is 1. The third-order valence-corrected chi connectivity index (χ3v) is 3.24. The third-order valence-electron chi connectivity index (χ3n) is 3.03. The summed E-state index contributed by atoms with van der Waals surface area (Å²) in [5, 5.41) is 0. The van der Waals surface area contributed by atoms with Crippen LogP contribution in [-0.4, -0.2) is 18.8 Å². The molecule has 1 unspecified atom stereocenters. The fraction of sp³-hybridized carbons (Fsp3) is 0.429. The monoisotopic (exact) mass is 233 g/mol. The average Bonchev–Trinajstić information content (AvgIpc) is 2.29. The molecule has 1 aliphatic heterocycles. The highest BCUT2D eigenvalue weighted by molar-refractivity contribution is 7.80. The topological polar surface area (TPSA) is 3.24 Å². The van der Waals surface area contributed by atoms with Gasteiger partial charge in [-0.2, -0.15) is 12.6 Å². The molecule has 1 aromatic carbocycles. The van der Waals surface area contributed by atoms with Crippen molar-refractivity contribution in [2.75, 3.05) is 23.7 Å². The van der Waals surface area contributed by atoms with E-state index in [2.05, 4.69) is 60.9 Å². The van der Waals surface area contributed by atoms with E-state index in [0.717, 1.165) is 24.8 Å². The molecular weight excluding hydrogens is 214 g/mol. The van der Waals surface area contributed by atoms with Gasteiger partial charge in [0.05, 0.1) is 0 Å². The Morgan fingerprint density at radius 2 is 2.19 bits per heavy atom. The molecule has 0 amide bonds. The van der Waals surface area contributed by atoms with Gasteiger partial charge in [-0.15, -0.1) is 0 Å². The Hall–Kier alpha value is -0.890. The van der Waals surface area contributed by atoms with E-state index in [9.17, 15) is 0 Å². The van der Waals surface area contributed by atoms with Gasteiger partial charge in [0.25, 0.3) is 0 Å². The number of rotatable bonds is 3. The maximum absolute atomic E-state index is 4.19. The van der Waals surface area contributed by atoms with Crippen LogP contribution in [0.5, 0.6) is 0 Å². The highest BCUT2D eigenvalue weighted by Crippen LogP contribution is 2.28. The van der Waals surface area contributed by atoms with E-state index in [0.29, 0.717) is 0 Å². The molecular formula is C14H19NS. The summed E-state index contributed by atoms with van der Waals surface area (Å²) >= 11 is 4.19. The number of hydrogen-bond acceptors (Lipinski definition) is 2. The molecule has 1 aliphatic rings. The molecule has 0 radical (unpaired) electrons. The Bertz CT molecular complexity index is 373. The zero-order valence-corrected chi connectivity index (χ0v) is 10.7. The molecule has 0 aromatic heterocycles. The van der Waals surface area contributed by atoms with E-state index in [4.69, 9.17) is 0 Å². The second-order valence-electron chi connectivity index (χ2n) is 4.50. The minimum absolute atomic E-state index is 0.749. The number of para-hydroxylation sites is 1. The second kappa shape index (κ2) is 5.44. The van der Waals surface area contributed by atoms with E-state index >= 15 is 0 Å². The summed E-state index contributed by atoms with van der Waals surface area (Å²) < 4.78 is 0. The lowest BCUT2D eigenvalue weighted by atomic mass is 9.94. The molecule has 86 valence electrons. The molecule has 2 heteroatoms. The summed E-state index contributed by atoms with van der Waals surface area (Å²) in [6.07, 6.45) is 5.54. The SMILES string of the molecule is CC1Cc2ccccc2N(CC=CCS)C1. The Balaban J connectivity index is 2.16. The molecule has 1 atom stereocenters. The van der Waals surface area contributed by atoms with Gasteiger partial charge in [-0.25, -0.2) is 0 Å². The van der Waals surface area contributed by atoms with E-state index in [-0.39, 0.29) is 0 Å². The summed E-state index contributed by atoms with van der Waals surface area (Å²) in [5.41, 5.74) is 2.89. The fourth-order valence-corrected chi connectivity index (χ4v) is 2.50. The van der Waals surface area contributed by atoms with Crippen LogP contribution in [0.1, 0.15) is 12.5 Å². The van der Waals surface area contributed by atoms with Crippen LogP contribution < -0.4 is 4.90 Å². The van der Waals surface area contributed by atoms with Crippen LogP contribution in [0.2, 0.25) is 0 Å². The molecule has 2 rings (SSSR count). The van der Waals surface area contributed by atoms with Crippen molar-refractivity contribution in [3.05, 3.63) is 42.0 Å². The third kappa shape index (κ3) is 2.62. The molecule has 0 bridgehead atoms. The lowest BCUT2D eigenvalue weighted by molar-refractivity contribution is 0.543. The van der Waals surface area contributed by atoms with Gasteiger partial charge >= 0.3 is 0 Å². The lowest BCUT2D eigenvalue weighted by Crippen LogP contribution is -2.34. The first-order chi connectivity index (χ1) is 7.81.